The molecular formula is C25H32N6OS. The molecule has 0 radical (unpaired) electrons. The number of hydrogen-bond acceptors (Lipinski definition) is 5. The van der Waals surface area contributed by atoms with Crippen molar-refractivity contribution in [2.45, 2.75) is 50.9 Å². The van der Waals surface area contributed by atoms with Crippen molar-refractivity contribution in [1.82, 2.24) is 15.0 Å². The number of nitrogens with zero attached hydrogens (tertiary/aromatic N) is 5. The van der Waals surface area contributed by atoms with E-state index in [9.17, 15) is 4.21 Å². The molecule has 174 valence electrons. The van der Waals surface area contributed by atoms with Crippen molar-refractivity contribution < 1.29 is 4.21 Å². The molecule has 0 saturated heterocycles. The van der Waals surface area contributed by atoms with E-state index in [0.29, 0.717) is 36.6 Å². The Bertz CT molecular complexity index is 1230. The van der Waals surface area contributed by atoms with E-state index in [1.54, 1.807) is 6.33 Å². The first kappa shape index (κ1) is 23.2. The molecule has 1 fully saturated rings. The van der Waals surface area contributed by atoms with Crippen molar-refractivity contribution in [1.29, 1.82) is 0 Å². The smallest absolute Gasteiger partial charge is 0.239 e. The Balaban J connectivity index is 1.39. The summed E-state index contributed by atoms with van der Waals surface area (Å²) in [6.45, 7) is 9.94. The lowest BCUT2D eigenvalue weighted by Gasteiger charge is -2.35. The zero-order valence-electron chi connectivity index (χ0n) is 19.4. The van der Waals surface area contributed by atoms with E-state index >= 15 is 0 Å². The minimum Gasteiger partial charge on any atom is -0.356 e. The molecule has 0 spiro atoms. The van der Waals surface area contributed by atoms with Crippen LogP contribution in [0, 0.1) is 12.5 Å². The van der Waals surface area contributed by atoms with Gasteiger partial charge in [-0.2, -0.15) is 0 Å². The molecule has 7 nitrogen and oxygen atoms in total. The zero-order chi connectivity index (χ0) is 23.3. The van der Waals surface area contributed by atoms with Gasteiger partial charge in [-0.1, -0.05) is 24.3 Å². The summed E-state index contributed by atoms with van der Waals surface area (Å²) in [4.78, 5) is 17.7. The Morgan fingerprint density at radius 2 is 1.88 bits per heavy atom. The van der Waals surface area contributed by atoms with Gasteiger partial charge in [-0.05, 0) is 50.2 Å². The van der Waals surface area contributed by atoms with Crippen LogP contribution in [0.3, 0.4) is 0 Å². The molecule has 2 heterocycles. The second kappa shape index (κ2) is 10.3. The van der Waals surface area contributed by atoms with Crippen LogP contribution in [0.4, 0.5) is 5.82 Å². The van der Waals surface area contributed by atoms with E-state index in [-0.39, 0.29) is 0 Å². The van der Waals surface area contributed by atoms with Gasteiger partial charge < -0.3 is 14.7 Å². The summed E-state index contributed by atoms with van der Waals surface area (Å²) in [6.07, 6.45) is 7.74. The molecule has 1 aliphatic carbocycles. The molecule has 1 atom stereocenters. The number of fused-ring (bicyclic) bond motifs is 1. The Hall–Kier alpha value is -2.92. The van der Waals surface area contributed by atoms with Crippen LogP contribution in [0.2, 0.25) is 0 Å². The maximum atomic E-state index is 13.7. The third-order valence-corrected chi connectivity index (χ3v) is 9.07. The number of aromatic nitrogens is 3. The highest BCUT2D eigenvalue weighted by molar-refractivity contribution is 7.92. The predicted molar refractivity (Wildman–Crippen MR) is 134 cm³/mol. The second-order valence-electron chi connectivity index (χ2n) is 8.88. The fourth-order valence-electron chi connectivity index (χ4n) is 4.86. The topological polar surface area (TPSA) is 78.6 Å². The van der Waals surface area contributed by atoms with Gasteiger partial charge in [0, 0.05) is 37.1 Å². The van der Waals surface area contributed by atoms with Crippen LogP contribution in [0.15, 0.2) is 47.2 Å². The maximum absolute atomic E-state index is 13.7. The fraction of sp³-hybridized carbons (Fsp3) is 0.480. The molecule has 3 aromatic rings. The quantitative estimate of drug-likeness (QED) is 0.473. The second-order valence-corrected chi connectivity index (χ2v) is 11.3. The summed E-state index contributed by atoms with van der Waals surface area (Å²) >= 11 is 0. The van der Waals surface area contributed by atoms with Crippen molar-refractivity contribution in [3.63, 3.8) is 0 Å². The lowest BCUT2D eigenvalue weighted by Crippen LogP contribution is -2.37. The Morgan fingerprint density at radius 1 is 1.15 bits per heavy atom. The fourth-order valence-corrected chi connectivity index (χ4v) is 7.43. The third-order valence-electron chi connectivity index (χ3n) is 6.57. The predicted octanol–water partition coefficient (Wildman–Crippen LogP) is 5.06. The van der Waals surface area contributed by atoms with Crippen LogP contribution in [-0.2, 0) is 22.0 Å². The summed E-state index contributed by atoms with van der Waals surface area (Å²) in [5.74, 6) is 2.55. The average molecular weight is 465 g/mol. The summed E-state index contributed by atoms with van der Waals surface area (Å²) in [6, 6.07) is 10.4. The van der Waals surface area contributed by atoms with E-state index in [4.69, 9.17) is 6.57 Å². The van der Waals surface area contributed by atoms with Crippen molar-refractivity contribution in [2.75, 3.05) is 24.2 Å². The molecule has 1 N–H and O–H groups in total. The van der Waals surface area contributed by atoms with Crippen molar-refractivity contribution in [2.24, 2.45) is 10.3 Å². The summed E-state index contributed by atoms with van der Waals surface area (Å²) in [7, 11) is -0.184. The maximum Gasteiger partial charge on any atom is 0.239 e. The van der Waals surface area contributed by atoms with Crippen LogP contribution < -0.4 is 4.90 Å². The normalized spacial score (nSPS) is 20.2. The highest BCUT2D eigenvalue weighted by Crippen LogP contribution is 2.32. The lowest BCUT2D eigenvalue weighted by atomic mass is 9.86. The van der Waals surface area contributed by atoms with E-state index in [1.807, 2.05) is 43.5 Å². The number of benzene rings is 1. The van der Waals surface area contributed by atoms with Crippen LogP contribution in [0.25, 0.3) is 15.9 Å². The van der Waals surface area contributed by atoms with Crippen molar-refractivity contribution in [3.05, 3.63) is 65.4 Å². The summed E-state index contributed by atoms with van der Waals surface area (Å²) < 4.78 is 18.3. The highest BCUT2D eigenvalue weighted by Gasteiger charge is 2.28. The van der Waals surface area contributed by atoms with Crippen LogP contribution in [-0.4, -0.2) is 44.5 Å². The summed E-state index contributed by atoms with van der Waals surface area (Å²) in [5.41, 5.74) is 2.90. The van der Waals surface area contributed by atoms with Gasteiger partial charge >= 0.3 is 0 Å². The van der Waals surface area contributed by atoms with Gasteiger partial charge in [-0.15, -0.1) is 0 Å². The molecule has 2 aromatic heterocycles. The van der Waals surface area contributed by atoms with Gasteiger partial charge in [-0.3, -0.25) is 0 Å². The van der Waals surface area contributed by atoms with Crippen molar-refractivity contribution in [3.8, 4) is 0 Å². The van der Waals surface area contributed by atoms with E-state index in [0.717, 1.165) is 53.7 Å². The molecule has 33 heavy (non-hydrogen) atoms. The Morgan fingerprint density at radius 3 is 2.58 bits per heavy atom. The molecule has 0 amide bonds. The number of nitrogens with one attached hydrogen (secondary N) is 1. The standard InChI is InChI=1S/C25H32N6OS/c1-4-30-33(32,16-20-7-5-19(6-8-20)15-26-2)17-21-9-11-22(12-10-21)31(3)25-23-13-14-27-24(23)28-18-29-25/h5-8,13-14,18,21-22H,4,9-12,15-17H2,1,3H3,(H,27,28,29). The first-order valence-corrected chi connectivity index (χ1v) is 13.5. The summed E-state index contributed by atoms with van der Waals surface area (Å²) in [5, 5.41) is 1.05. The van der Waals surface area contributed by atoms with Gasteiger partial charge in [-0.25, -0.2) is 25.1 Å². The number of rotatable bonds is 8. The minimum atomic E-state index is -2.30. The molecule has 1 unspecified atom stereocenters. The van der Waals surface area contributed by atoms with Crippen LogP contribution in [0.1, 0.15) is 43.7 Å². The van der Waals surface area contributed by atoms with E-state index in [2.05, 4.69) is 36.1 Å². The number of aromatic amines is 1. The van der Waals surface area contributed by atoms with Crippen LogP contribution in [0.5, 0.6) is 0 Å². The Kier molecular flexibility index (Phi) is 7.29. The molecule has 1 saturated carbocycles. The Labute approximate surface area is 196 Å². The molecule has 4 rings (SSSR count). The third kappa shape index (κ3) is 5.53. The first-order chi connectivity index (χ1) is 16.0. The van der Waals surface area contributed by atoms with Crippen molar-refractivity contribution >= 4 is 26.6 Å². The van der Waals surface area contributed by atoms with E-state index < -0.39 is 9.73 Å². The van der Waals surface area contributed by atoms with Gasteiger partial charge in [0.15, 0.2) is 0 Å². The molecular weight excluding hydrogens is 432 g/mol. The van der Waals surface area contributed by atoms with Crippen LogP contribution >= 0.6 is 0 Å². The molecule has 8 heteroatoms. The molecule has 0 bridgehead atoms. The van der Waals surface area contributed by atoms with Gasteiger partial charge in [0.2, 0.25) is 6.54 Å². The molecule has 1 aromatic carbocycles. The van der Waals surface area contributed by atoms with Gasteiger partial charge in [0.1, 0.15) is 17.8 Å². The number of hydrogen-bond donors (Lipinski definition) is 1. The number of anilines is 1. The zero-order valence-corrected chi connectivity index (χ0v) is 20.2. The van der Waals surface area contributed by atoms with E-state index in [1.165, 1.54) is 0 Å². The monoisotopic (exact) mass is 464 g/mol. The first-order valence-electron chi connectivity index (χ1n) is 11.6. The molecule has 0 aliphatic heterocycles. The van der Waals surface area contributed by atoms with Gasteiger partial charge in [0.05, 0.1) is 20.9 Å². The minimum absolute atomic E-state index is 0.386. The largest absolute Gasteiger partial charge is 0.356 e. The van der Waals surface area contributed by atoms with Gasteiger partial charge in [0.25, 0.3) is 0 Å². The average Bonchev–Trinajstić information content (AvgIpc) is 3.30. The highest BCUT2D eigenvalue weighted by atomic mass is 32.2. The molecule has 1 aliphatic rings. The number of H-pyrrole nitrogens is 1. The lowest BCUT2D eigenvalue weighted by molar-refractivity contribution is 0.342. The SMILES string of the molecule is [C-]#[N+]Cc1ccc(CS(=O)(CC2CCC(N(C)c3ncnc4[nH]ccc34)CC2)=NCC)cc1.